The SMILES string of the molecule is COc1ccc(NS(=O)(=O)c2ccc(C(=O)NC3CC3)cc2)cc1. The number of benzene rings is 2. The summed E-state index contributed by atoms with van der Waals surface area (Å²) in [5, 5.41) is 2.86. The summed E-state index contributed by atoms with van der Waals surface area (Å²) in [4.78, 5) is 12.0. The van der Waals surface area contributed by atoms with Crippen molar-refractivity contribution in [3.8, 4) is 5.75 Å². The fourth-order valence-electron chi connectivity index (χ4n) is 2.15. The lowest BCUT2D eigenvalue weighted by atomic mass is 10.2. The number of rotatable bonds is 6. The normalized spacial score (nSPS) is 14.0. The Hall–Kier alpha value is -2.54. The Morgan fingerprint density at radius 2 is 1.67 bits per heavy atom. The summed E-state index contributed by atoms with van der Waals surface area (Å²) < 4.78 is 32.3. The maximum Gasteiger partial charge on any atom is 0.261 e. The zero-order valence-electron chi connectivity index (χ0n) is 13.2. The van der Waals surface area contributed by atoms with Crippen LogP contribution in [0.25, 0.3) is 0 Å². The number of ether oxygens (including phenoxy) is 1. The molecule has 0 unspecified atom stereocenters. The van der Waals surface area contributed by atoms with Gasteiger partial charge in [0.1, 0.15) is 5.75 Å². The first-order valence-corrected chi connectivity index (χ1v) is 9.04. The molecule has 0 saturated heterocycles. The maximum atomic E-state index is 12.4. The highest BCUT2D eigenvalue weighted by Crippen LogP contribution is 2.21. The molecule has 2 N–H and O–H groups in total. The lowest BCUT2D eigenvalue weighted by molar-refractivity contribution is 0.0951. The van der Waals surface area contributed by atoms with Crippen molar-refractivity contribution >= 4 is 21.6 Å². The molecule has 0 bridgehead atoms. The summed E-state index contributed by atoms with van der Waals surface area (Å²) >= 11 is 0. The van der Waals surface area contributed by atoms with Gasteiger partial charge in [0.05, 0.1) is 12.0 Å². The first kappa shape index (κ1) is 16.3. The zero-order valence-corrected chi connectivity index (χ0v) is 14.0. The van der Waals surface area contributed by atoms with Crippen LogP contribution in [-0.2, 0) is 10.0 Å². The number of amides is 1. The standard InChI is InChI=1S/C17H18N2O4S/c1-23-15-8-6-14(7-9-15)19-24(21,22)16-10-2-12(3-11-16)17(20)18-13-4-5-13/h2-3,6-11,13,19H,4-5H2,1H3,(H,18,20). The molecule has 1 amide bonds. The molecule has 0 radical (unpaired) electrons. The van der Waals surface area contributed by atoms with Crippen LogP contribution in [0.3, 0.4) is 0 Å². The van der Waals surface area contributed by atoms with Crippen molar-refractivity contribution in [1.82, 2.24) is 5.32 Å². The zero-order chi connectivity index (χ0) is 17.2. The molecule has 0 heterocycles. The van der Waals surface area contributed by atoms with Crippen LogP contribution in [0.2, 0.25) is 0 Å². The molecule has 6 nitrogen and oxygen atoms in total. The number of carbonyl (C=O) groups excluding carboxylic acids is 1. The summed E-state index contributed by atoms with van der Waals surface area (Å²) in [6, 6.07) is 12.7. The van der Waals surface area contributed by atoms with Crippen LogP contribution in [0.5, 0.6) is 5.75 Å². The molecule has 1 aliphatic carbocycles. The maximum absolute atomic E-state index is 12.4. The van der Waals surface area contributed by atoms with Crippen molar-refractivity contribution in [2.75, 3.05) is 11.8 Å². The summed E-state index contributed by atoms with van der Waals surface area (Å²) in [7, 11) is -2.17. The monoisotopic (exact) mass is 346 g/mol. The Labute approximate surface area is 140 Å². The second kappa shape index (κ2) is 6.52. The van der Waals surface area contributed by atoms with Gasteiger partial charge >= 0.3 is 0 Å². The molecule has 2 aromatic rings. The molecular formula is C17H18N2O4S. The summed E-state index contributed by atoms with van der Waals surface area (Å²) in [5.41, 5.74) is 0.886. The van der Waals surface area contributed by atoms with E-state index in [2.05, 4.69) is 10.0 Å². The molecular weight excluding hydrogens is 328 g/mol. The minimum absolute atomic E-state index is 0.0984. The van der Waals surface area contributed by atoms with E-state index in [1.54, 1.807) is 31.4 Å². The van der Waals surface area contributed by atoms with Gasteiger partial charge in [0.25, 0.3) is 15.9 Å². The third kappa shape index (κ3) is 3.86. The molecule has 1 aliphatic rings. The Morgan fingerprint density at radius 1 is 1.04 bits per heavy atom. The molecule has 126 valence electrons. The molecule has 1 saturated carbocycles. The van der Waals surface area contributed by atoms with Crippen LogP contribution in [0.4, 0.5) is 5.69 Å². The third-order valence-electron chi connectivity index (χ3n) is 3.68. The molecule has 24 heavy (non-hydrogen) atoms. The highest BCUT2D eigenvalue weighted by atomic mass is 32.2. The summed E-state index contributed by atoms with van der Waals surface area (Å²) in [6.07, 6.45) is 2.01. The highest BCUT2D eigenvalue weighted by molar-refractivity contribution is 7.92. The number of sulfonamides is 1. The minimum Gasteiger partial charge on any atom is -0.497 e. The highest BCUT2D eigenvalue weighted by Gasteiger charge is 2.24. The Morgan fingerprint density at radius 3 is 2.21 bits per heavy atom. The van der Waals surface area contributed by atoms with Gasteiger partial charge in [-0.05, 0) is 61.4 Å². The second-order valence-electron chi connectivity index (χ2n) is 5.61. The van der Waals surface area contributed by atoms with Gasteiger partial charge in [0, 0.05) is 17.3 Å². The Balaban J connectivity index is 1.72. The molecule has 3 rings (SSSR count). The van der Waals surface area contributed by atoms with E-state index >= 15 is 0 Å². The van der Waals surface area contributed by atoms with E-state index in [-0.39, 0.29) is 16.8 Å². The largest absolute Gasteiger partial charge is 0.497 e. The van der Waals surface area contributed by atoms with E-state index in [0.717, 1.165) is 12.8 Å². The van der Waals surface area contributed by atoms with Gasteiger partial charge in [-0.2, -0.15) is 0 Å². The number of carbonyl (C=O) groups is 1. The first-order chi connectivity index (χ1) is 11.5. The lowest BCUT2D eigenvalue weighted by Gasteiger charge is -2.09. The van der Waals surface area contributed by atoms with Gasteiger partial charge < -0.3 is 10.1 Å². The number of hydrogen-bond acceptors (Lipinski definition) is 4. The predicted octanol–water partition coefficient (Wildman–Crippen LogP) is 2.39. The van der Waals surface area contributed by atoms with Gasteiger partial charge in [0.15, 0.2) is 0 Å². The van der Waals surface area contributed by atoms with Gasteiger partial charge in [0.2, 0.25) is 0 Å². The van der Waals surface area contributed by atoms with Crippen molar-refractivity contribution in [3.63, 3.8) is 0 Å². The summed E-state index contributed by atoms with van der Waals surface area (Å²) in [6.45, 7) is 0. The van der Waals surface area contributed by atoms with E-state index in [1.165, 1.54) is 24.3 Å². The van der Waals surface area contributed by atoms with Crippen molar-refractivity contribution in [1.29, 1.82) is 0 Å². The molecule has 2 aromatic carbocycles. The van der Waals surface area contributed by atoms with Crippen LogP contribution in [0, 0.1) is 0 Å². The van der Waals surface area contributed by atoms with Crippen molar-refractivity contribution in [2.45, 2.75) is 23.8 Å². The number of anilines is 1. The van der Waals surface area contributed by atoms with Gasteiger partial charge in [-0.15, -0.1) is 0 Å². The number of hydrogen-bond donors (Lipinski definition) is 2. The van der Waals surface area contributed by atoms with Gasteiger partial charge in [-0.3, -0.25) is 9.52 Å². The van der Waals surface area contributed by atoms with Crippen molar-refractivity contribution in [2.24, 2.45) is 0 Å². The third-order valence-corrected chi connectivity index (χ3v) is 5.08. The molecule has 0 aliphatic heterocycles. The molecule has 0 aromatic heterocycles. The van der Waals surface area contributed by atoms with E-state index < -0.39 is 10.0 Å². The molecule has 0 atom stereocenters. The van der Waals surface area contributed by atoms with Crippen LogP contribution >= 0.6 is 0 Å². The molecule has 7 heteroatoms. The van der Waals surface area contributed by atoms with Crippen LogP contribution in [0.1, 0.15) is 23.2 Å². The quantitative estimate of drug-likeness (QED) is 0.841. The van der Waals surface area contributed by atoms with E-state index in [0.29, 0.717) is 17.0 Å². The van der Waals surface area contributed by atoms with Gasteiger partial charge in [-0.1, -0.05) is 0 Å². The minimum atomic E-state index is -3.71. The molecule has 0 spiro atoms. The first-order valence-electron chi connectivity index (χ1n) is 7.56. The fourth-order valence-corrected chi connectivity index (χ4v) is 3.21. The van der Waals surface area contributed by atoms with Crippen LogP contribution in [0.15, 0.2) is 53.4 Å². The number of nitrogens with one attached hydrogen (secondary N) is 2. The Bertz CT molecular complexity index is 826. The smallest absolute Gasteiger partial charge is 0.261 e. The fraction of sp³-hybridized carbons (Fsp3) is 0.235. The molecule has 1 fully saturated rings. The van der Waals surface area contributed by atoms with E-state index in [9.17, 15) is 13.2 Å². The number of methoxy groups -OCH3 is 1. The average molecular weight is 346 g/mol. The lowest BCUT2D eigenvalue weighted by Crippen LogP contribution is -2.25. The van der Waals surface area contributed by atoms with Crippen LogP contribution in [-0.4, -0.2) is 27.5 Å². The predicted molar refractivity (Wildman–Crippen MR) is 90.7 cm³/mol. The van der Waals surface area contributed by atoms with Crippen molar-refractivity contribution < 1.29 is 17.9 Å². The Kier molecular flexibility index (Phi) is 4.44. The second-order valence-corrected chi connectivity index (χ2v) is 7.29. The topological polar surface area (TPSA) is 84.5 Å². The van der Waals surface area contributed by atoms with Gasteiger partial charge in [-0.25, -0.2) is 8.42 Å². The van der Waals surface area contributed by atoms with Crippen molar-refractivity contribution in [3.05, 3.63) is 54.1 Å². The van der Waals surface area contributed by atoms with E-state index in [1.807, 2.05) is 0 Å². The van der Waals surface area contributed by atoms with Crippen LogP contribution < -0.4 is 14.8 Å². The average Bonchev–Trinajstić information content (AvgIpc) is 3.39. The van der Waals surface area contributed by atoms with E-state index in [4.69, 9.17) is 4.74 Å². The summed E-state index contributed by atoms with van der Waals surface area (Å²) in [5.74, 6) is 0.466.